The molecule has 5 nitrogen and oxygen atoms in total. The molecule has 0 aliphatic heterocycles. The molecule has 0 radical (unpaired) electrons. The van der Waals surface area contributed by atoms with Crippen molar-refractivity contribution in [3.63, 3.8) is 0 Å². The van der Waals surface area contributed by atoms with E-state index in [1.807, 2.05) is 0 Å². The molecule has 0 aliphatic rings. The van der Waals surface area contributed by atoms with Gasteiger partial charge >= 0.3 is 12.6 Å². The second-order valence-electron chi connectivity index (χ2n) is 5.01. The van der Waals surface area contributed by atoms with Crippen LogP contribution < -0.4 is 10.1 Å². The highest BCUT2D eigenvalue weighted by atomic mass is 35.5. The third-order valence-electron chi connectivity index (χ3n) is 3.19. The highest BCUT2D eigenvalue weighted by Crippen LogP contribution is 2.30. The molecule has 2 rings (SSSR count). The van der Waals surface area contributed by atoms with Crippen molar-refractivity contribution in [3.8, 4) is 5.75 Å². The van der Waals surface area contributed by atoms with Crippen LogP contribution in [-0.4, -0.2) is 24.6 Å². The van der Waals surface area contributed by atoms with Crippen molar-refractivity contribution in [2.75, 3.05) is 5.32 Å². The third-order valence-corrected chi connectivity index (χ3v) is 3.82. The van der Waals surface area contributed by atoms with Crippen LogP contribution in [0.4, 0.5) is 14.5 Å². The molecule has 0 unspecified atom stereocenters. The predicted molar refractivity (Wildman–Crippen MR) is 93.0 cm³/mol. The van der Waals surface area contributed by atoms with E-state index >= 15 is 0 Å². The molecule has 2 aromatic carbocycles. The quantitative estimate of drug-likeness (QED) is 0.704. The molecule has 1 N–H and O–H groups in total. The number of ether oxygens (including phenoxy) is 2. The molecule has 0 aromatic heterocycles. The normalized spacial score (nSPS) is 11.8. The van der Waals surface area contributed by atoms with Crippen LogP contribution in [0, 0.1) is 0 Å². The molecule has 1 amide bonds. The Morgan fingerprint density at radius 3 is 2.27 bits per heavy atom. The van der Waals surface area contributed by atoms with Crippen LogP contribution in [0.3, 0.4) is 0 Å². The Morgan fingerprint density at radius 2 is 1.65 bits per heavy atom. The standard InChI is InChI=1S/C17H13Cl2F2NO4/c1-9(15(23)22-14-11(18)6-4-7-12(14)19)25-16(24)10-5-2-3-8-13(10)26-17(20)21/h2-9,17H,1H3,(H,22,23)/t9-/m1/s1. The van der Waals surface area contributed by atoms with Crippen LogP contribution in [0.5, 0.6) is 5.75 Å². The lowest BCUT2D eigenvalue weighted by molar-refractivity contribution is -0.123. The average Bonchev–Trinajstić information content (AvgIpc) is 2.58. The Bertz CT molecular complexity index is 797. The molecule has 0 aliphatic carbocycles. The van der Waals surface area contributed by atoms with Gasteiger partial charge in [-0.2, -0.15) is 8.78 Å². The van der Waals surface area contributed by atoms with Crippen LogP contribution in [0.1, 0.15) is 17.3 Å². The van der Waals surface area contributed by atoms with Gasteiger partial charge in [0.15, 0.2) is 6.10 Å². The van der Waals surface area contributed by atoms with Gasteiger partial charge in [0.25, 0.3) is 5.91 Å². The zero-order valence-electron chi connectivity index (χ0n) is 13.3. The van der Waals surface area contributed by atoms with Crippen LogP contribution in [0.2, 0.25) is 10.0 Å². The summed E-state index contributed by atoms with van der Waals surface area (Å²) in [5.74, 6) is -2.04. The van der Waals surface area contributed by atoms with Gasteiger partial charge in [-0.25, -0.2) is 4.79 Å². The molecule has 138 valence electrons. The van der Waals surface area contributed by atoms with E-state index < -0.39 is 24.6 Å². The summed E-state index contributed by atoms with van der Waals surface area (Å²) in [5, 5.41) is 2.87. The van der Waals surface area contributed by atoms with Gasteiger partial charge in [0.1, 0.15) is 11.3 Å². The second kappa shape index (κ2) is 8.82. The van der Waals surface area contributed by atoms with Crippen LogP contribution in [0.25, 0.3) is 0 Å². The summed E-state index contributed by atoms with van der Waals surface area (Å²) in [7, 11) is 0. The van der Waals surface area contributed by atoms with Crippen molar-refractivity contribution >= 4 is 40.8 Å². The maximum absolute atomic E-state index is 12.4. The summed E-state index contributed by atoms with van der Waals surface area (Å²) in [6.07, 6.45) is -1.24. The van der Waals surface area contributed by atoms with Gasteiger partial charge in [-0.1, -0.05) is 41.4 Å². The van der Waals surface area contributed by atoms with E-state index in [-0.39, 0.29) is 27.0 Å². The maximum Gasteiger partial charge on any atom is 0.387 e. The number of para-hydroxylation sites is 2. The minimum atomic E-state index is -3.10. The second-order valence-corrected chi connectivity index (χ2v) is 5.82. The number of carbonyl (C=O) groups is 2. The monoisotopic (exact) mass is 403 g/mol. The molecule has 0 heterocycles. The predicted octanol–water partition coefficient (Wildman–Crippen LogP) is 4.78. The fourth-order valence-electron chi connectivity index (χ4n) is 1.95. The zero-order chi connectivity index (χ0) is 19.3. The lowest BCUT2D eigenvalue weighted by Gasteiger charge is -2.16. The van der Waals surface area contributed by atoms with Crippen molar-refractivity contribution in [2.45, 2.75) is 19.6 Å². The summed E-state index contributed by atoms with van der Waals surface area (Å²) < 4.78 is 34.1. The number of halogens is 4. The molecule has 0 spiro atoms. The number of benzene rings is 2. The summed E-state index contributed by atoms with van der Waals surface area (Å²) in [6, 6.07) is 9.96. The van der Waals surface area contributed by atoms with Crippen molar-refractivity contribution in [1.82, 2.24) is 0 Å². The molecule has 2 aromatic rings. The molecule has 1 atom stereocenters. The minimum absolute atomic E-state index is 0.171. The van der Waals surface area contributed by atoms with E-state index in [1.54, 1.807) is 6.07 Å². The Hall–Kier alpha value is -2.38. The van der Waals surface area contributed by atoms with Crippen molar-refractivity contribution in [3.05, 3.63) is 58.1 Å². The van der Waals surface area contributed by atoms with Gasteiger partial charge in [0.2, 0.25) is 0 Å². The van der Waals surface area contributed by atoms with E-state index in [1.165, 1.54) is 43.3 Å². The summed E-state index contributed by atoms with van der Waals surface area (Å²) >= 11 is 11.9. The molecule has 0 fully saturated rings. The molecule has 0 saturated carbocycles. The Labute approximate surface area is 157 Å². The van der Waals surface area contributed by atoms with Gasteiger partial charge in [0.05, 0.1) is 15.7 Å². The number of carbonyl (C=O) groups excluding carboxylic acids is 2. The number of nitrogens with one attached hydrogen (secondary N) is 1. The first-order valence-electron chi connectivity index (χ1n) is 7.29. The first-order chi connectivity index (χ1) is 12.3. The number of hydrogen-bond donors (Lipinski definition) is 1. The summed E-state index contributed by atoms with van der Waals surface area (Å²) in [4.78, 5) is 24.4. The van der Waals surface area contributed by atoms with E-state index in [9.17, 15) is 18.4 Å². The molecule has 0 saturated heterocycles. The zero-order valence-corrected chi connectivity index (χ0v) is 14.9. The number of anilines is 1. The van der Waals surface area contributed by atoms with Gasteiger partial charge in [-0.05, 0) is 31.2 Å². The SMILES string of the molecule is C[C@@H](OC(=O)c1ccccc1OC(F)F)C(=O)Nc1c(Cl)cccc1Cl. The van der Waals surface area contributed by atoms with Gasteiger partial charge in [-0.3, -0.25) is 4.79 Å². The molecular formula is C17H13Cl2F2NO4. The van der Waals surface area contributed by atoms with Crippen molar-refractivity contribution in [1.29, 1.82) is 0 Å². The molecule has 26 heavy (non-hydrogen) atoms. The highest BCUT2D eigenvalue weighted by molar-refractivity contribution is 6.39. The van der Waals surface area contributed by atoms with E-state index in [2.05, 4.69) is 10.1 Å². The lowest BCUT2D eigenvalue weighted by Crippen LogP contribution is -2.30. The first kappa shape index (κ1) is 19.9. The van der Waals surface area contributed by atoms with Crippen molar-refractivity contribution in [2.24, 2.45) is 0 Å². The number of amides is 1. The van der Waals surface area contributed by atoms with Gasteiger partial charge in [0, 0.05) is 0 Å². The summed E-state index contributed by atoms with van der Waals surface area (Å²) in [5.41, 5.74) is -0.0617. The van der Waals surface area contributed by atoms with Gasteiger partial charge in [-0.15, -0.1) is 0 Å². The first-order valence-corrected chi connectivity index (χ1v) is 8.05. The number of rotatable bonds is 6. The Balaban J connectivity index is 2.08. The summed E-state index contributed by atoms with van der Waals surface area (Å²) in [6.45, 7) is -1.79. The van der Waals surface area contributed by atoms with Gasteiger partial charge < -0.3 is 14.8 Å². The topological polar surface area (TPSA) is 64.6 Å². The number of alkyl halides is 2. The van der Waals surface area contributed by atoms with E-state index in [4.69, 9.17) is 27.9 Å². The molecular weight excluding hydrogens is 391 g/mol. The number of esters is 1. The largest absolute Gasteiger partial charge is 0.449 e. The van der Waals surface area contributed by atoms with Crippen molar-refractivity contribution < 1.29 is 27.8 Å². The molecule has 0 bridgehead atoms. The number of hydrogen-bond acceptors (Lipinski definition) is 4. The van der Waals surface area contributed by atoms with E-state index in [0.29, 0.717) is 0 Å². The third kappa shape index (κ3) is 5.06. The van der Waals surface area contributed by atoms with E-state index in [0.717, 1.165) is 0 Å². The molecule has 9 heteroatoms. The lowest BCUT2D eigenvalue weighted by atomic mass is 10.2. The van der Waals surface area contributed by atoms with Crippen LogP contribution in [-0.2, 0) is 9.53 Å². The highest BCUT2D eigenvalue weighted by Gasteiger charge is 2.23. The minimum Gasteiger partial charge on any atom is -0.449 e. The van der Waals surface area contributed by atoms with Crippen LogP contribution in [0.15, 0.2) is 42.5 Å². The van der Waals surface area contributed by atoms with Crippen LogP contribution >= 0.6 is 23.2 Å². The smallest absolute Gasteiger partial charge is 0.387 e. The maximum atomic E-state index is 12.4. The Kier molecular flexibility index (Phi) is 6.76. The fraction of sp³-hybridized carbons (Fsp3) is 0.176. The average molecular weight is 404 g/mol. The Morgan fingerprint density at radius 1 is 1.04 bits per heavy atom. The fourth-order valence-corrected chi connectivity index (χ4v) is 2.45.